The van der Waals surface area contributed by atoms with Crippen LogP contribution in [-0.2, 0) is 0 Å². The number of fused-ring (bicyclic) bond motifs is 1. The number of hydrogen-bond acceptors (Lipinski definition) is 3. The summed E-state index contributed by atoms with van der Waals surface area (Å²) < 4.78 is 12.0. The van der Waals surface area contributed by atoms with Crippen LogP contribution >= 0.6 is 0 Å². The second-order valence-electron chi connectivity index (χ2n) is 5.59. The molecule has 0 saturated heterocycles. The first-order valence-corrected chi connectivity index (χ1v) is 7.81. The lowest BCUT2D eigenvalue weighted by atomic mass is 9.83. The van der Waals surface area contributed by atoms with Crippen LogP contribution < -0.4 is 14.8 Å². The maximum atomic E-state index is 6.31. The summed E-state index contributed by atoms with van der Waals surface area (Å²) >= 11 is 0. The normalized spacial score (nSPS) is 20.1. The lowest BCUT2D eigenvalue weighted by Crippen LogP contribution is -2.42. The van der Waals surface area contributed by atoms with Crippen LogP contribution in [0.4, 0.5) is 0 Å². The largest absolute Gasteiger partial charge is 0.494 e. The quantitative estimate of drug-likeness (QED) is 0.850. The minimum absolute atomic E-state index is 0.0352. The highest BCUT2D eigenvalue weighted by Gasteiger charge is 2.38. The summed E-state index contributed by atoms with van der Waals surface area (Å²) in [6.45, 7) is 7.30. The molecule has 1 N–H and O–H groups in total. The van der Waals surface area contributed by atoms with Gasteiger partial charge >= 0.3 is 0 Å². The molecule has 1 aromatic carbocycles. The first-order valence-electron chi connectivity index (χ1n) is 7.81. The van der Waals surface area contributed by atoms with Gasteiger partial charge in [0.15, 0.2) is 0 Å². The van der Waals surface area contributed by atoms with E-state index in [4.69, 9.17) is 9.47 Å². The topological polar surface area (TPSA) is 30.5 Å². The Kier molecular flexibility index (Phi) is 4.92. The van der Waals surface area contributed by atoms with Crippen LogP contribution in [0.3, 0.4) is 0 Å². The lowest BCUT2D eigenvalue weighted by Gasteiger charge is -2.41. The Labute approximate surface area is 122 Å². The number of nitrogens with one attached hydrogen (secondary N) is 1. The zero-order chi connectivity index (χ0) is 14.6. The highest BCUT2D eigenvalue weighted by Crippen LogP contribution is 2.43. The van der Waals surface area contributed by atoms with E-state index in [0.29, 0.717) is 6.04 Å². The average Bonchev–Trinajstić information content (AvgIpc) is 2.51. The molecule has 0 fully saturated rings. The van der Waals surface area contributed by atoms with Crippen molar-refractivity contribution in [1.29, 1.82) is 0 Å². The van der Waals surface area contributed by atoms with Crippen molar-refractivity contribution >= 4 is 0 Å². The van der Waals surface area contributed by atoms with Gasteiger partial charge < -0.3 is 14.8 Å². The van der Waals surface area contributed by atoms with Crippen molar-refractivity contribution in [2.24, 2.45) is 0 Å². The van der Waals surface area contributed by atoms with Crippen LogP contribution in [0.5, 0.6) is 11.5 Å². The monoisotopic (exact) mass is 277 g/mol. The first-order chi connectivity index (χ1) is 9.68. The molecule has 1 aromatic rings. The van der Waals surface area contributed by atoms with Crippen LogP contribution in [0.1, 0.15) is 58.1 Å². The highest BCUT2D eigenvalue weighted by molar-refractivity contribution is 5.44. The van der Waals surface area contributed by atoms with Crippen LogP contribution in [0.2, 0.25) is 0 Å². The van der Waals surface area contributed by atoms with Gasteiger partial charge in [-0.05, 0) is 44.5 Å². The third kappa shape index (κ3) is 2.93. The molecule has 0 bridgehead atoms. The van der Waals surface area contributed by atoms with Gasteiger partial charge in [0.2, 0.25) is 0 Å². The molecule has 1 aliphatic heterocycles. The van der Waals surface area contributed by atoms with Gasteiger partial charge in [0.05, 0.1) is 6.61 Å². The summed E-state index contributed by atoms with van der Waals surface area (Å²) in [6.07, 6.45) is 4.11. The van der Waals surface area contributed by atoms with Gasteiger partial charge in [-0.25, -0.2) is 0 Å². The zero-order valence-electron chi connectivity index (χ0n) is 13.2. The SMILES string of the molecule is CCCOc1ccc2c(c1)C(NC)CC(CC)(CC)O2. The smallest absolute Gasteiger partial charge is 0.125 e. The minimum Gasteiger partial charge on any atom is -0.494 e. The van der Waals surface area contributed by atoms with Crippen molar-refractivity contribution < 1.29 is 9.47 Å². The molecule has 0 aromatic heterocycles. The van der Waals surface area contributed by atoms with E-state index >= 15 is 0 Å². The van der Waals surface area contributed by atoms with Crippen LogP contribution in [0.15, 0.2) is 18.2 Å². The van der Waals surface area contributed by atoms with Gasteiger partial charge in [0.25, 0.3) is 0 Å². The van der Waals surface area contributed by atoms with Gasteiger partial charge in [-0.1, -0.05) is 20.8 Å². The molecular weight excluding hydrogens is 250 g/mol. The predicted octanol–water partition coefficient (Wildman–Crippen LogP) is 4.08. The predicted molar refractivity (Wildman–Crippen MR) is 82.6 cm³/mol. The molecule has 20 heavy (non-hydrogen) atoms. The van der Waals surface area contributed by atoms with Crippen molar-refractivity contribution in [3.05, 3.63) is 23.8 Å². The molecule has 0 radical (unpaired) electrons. The fourth-order valence-electron chi connectivity index (χ4n) is 2.90. The number of rotatable bonds is 6. The van der Waals surface area contributed by atoms with Crippen molar-refractivity contribution in [2.45, 2.75) is 58.1 Å². The summed E-state index contributed by atoms with van der Waals surface area (Å²) in [5.41, 5.74) is 1.19. The van der Waals surface area contributed by atoms with Crippen LogP contribution in [0.25, 0.3) is 0 Å². The van der Waals surface area contributed by atoms with Crippen molar-refractivity contribution in [1.82, 2.24) is 5.32 Å². The summed E-state index contributed by atoms with van der Waals surface area (Å²) in [7, 11) is 2.02. The molecule has 0 saturated carbocycles. The van der Waals surface area contributed by atoms with E-state index in [-0.39, 0.29) is 5.60 Å². The molecule has 0 spiro atoms. The molecule has 1 aliphatic rings. The summed E-state index contributed by atoms with van der Waals surface area (Å²) in [4.78, 5) is 0. The van der Waals surface area contributed by atoms with E-state index in [1.54, 1.807) is 0 Å². The Balaban J connectivity index is 2.30. The van der Waals surface area contributed by atoms with Crippen LogP contribution in [0, 0.1) is 0 Å². The molecule has 3 heteroatoms. The number of hydrogen-bond donors (Lipinski definition) is 1. The molecule has 1 atom stereocenters. The Morgan fingerprint density at radius 1 is 1.30 bits per heavy atom. The standard InChI is InChI=1S/C17H27NO2/c1-5-10-19-13-8-9-16-14(11-13)15(18-4)12-17(6-2,7-3)20-16/h8-9,11,15,18H,5-7,10,12H2,1-4H3. The Hall–Kier alpha value is -1.22. The molecule has 2 rings (SSSR count). The molecular formula is C17H27NO2. The molecule has 1 unspecified atom stereocenters. The maximum absolute atomic E-state index is 6.31. The molecule has 0 aliphatic carbocycles. The van der Waals surface area contributed by atoms with E-state index in [1.807, 2.05) is 13.1 Å². The Morgan fingerprint density at radius 2 is 2.05 bits per heavy atom. The van der Waals surface area contributed by atoms with E-state index in [9.17, 15) is 0 Å². The fraction of sp³-hybridized carbons (Fsp3) is 0.647. The molecule has 0 amide bonds. The second-order valence-corrected chi connectivity index (χ2v) is 5.59. The van der Waals surface area contributed by atoms with Gasteiger partial charge in [0.1, 0.15) is 17.1 Å². The highest BCUT2D eigenvalue weighted by atomic mass is 16.5. The van der Waals surface area contributed by atoms with E-state index in [2.05, 4.69) is 38.2 Å². The second kappa shape index (κ2) is 6.49. The van der Waals surface area contributed by atoms with E-state index < -0.39 is 0 Å². The Morgan fingerprint density at radius 3 is 2.65 bits per heavy atom. The van der Waals surface area contributed by atoms with Gasteiger partial charge in [0, 0.05) is 18.0 Å². The average molecular weight is 277 g/mol. The van der Waals surface area contributed by atoms with Gasteiger partial charge in [-0.15, -0.1) is 0 Å². The van der Waals surface area contributed by atoms with Crippen molar-refractivity contribution in [2.75, 3.05) is 13.7 Å². The zero-order valence-corrected chi connectivity index (χ0v) is 13.2. The minimum atomic E-state index is -0.0352. The third-order valence-corrected chi connectivity index (χ3v) is 4.37. The Bertz CT molecular complexity index is 441. The number of ether oxygens (including phenoxy) is 2. The fourth-order valence-corrected chi connectivity index (χ4v) is 2.90. The third-order valence-electron chi connectivity index (χ3n) is 4.37. The van der Waals surface area contributed by atoms with Gasteiger partial charge in [-0.2, -0.15) is 0 Å². The van der Waals surface area contributed by atoms with Crippen molar-refractivity contribution in [3.63, 3.8) is 0 Å². The molecule has 3 nitrogen and oxygen atoms in total. The van der Waals surface area contributed by atoms with E-state index in [1.165, 1.54) is 5.56 Å². The summed E-state index contributed by atoms with van der Waals surface area (Å²) in [5, 5.41) is 3.43. The molecule has 112 valence electrons. The maximum Gasteiger partial charge on any atom is 0.125 e. The summed E-state index contributed by atoms with van der Waals surface area (Å²) in [6, 6.07) is 6.54. The van der Waals surface area contributed by atoms with E-state index in [0.717, 1.165) is 43.8 Å². The first kappa shape index (κ1) is 15.2. The van der Waals surface area contributed by atoms with Gasteiger partial charge in [-0.3, -0.25) is 0 Å². The summed E-state index contributed by atoms with van der Waals surface area (Å²) in [5.74, 6) is 1.94. The lowest BCUT2D eigenvalue weighted by molar-refractivity contribution is 0.0237. The number of benzene rings is 1. The van der Waals surface area contributed by atoms with Crippen molar-refractivity contribution in [3.8, 4) is 11.5 Å². The molecule has 1 heterocycles. The van der Waals surface area contributed by atoms with Crippen LogP contribution in [-0.4, -0.2) is 19.3 Å².